The summed E-state index contributed by atoms with van der Waals surface area (Å²) in [6, 6.07) is 4.66. The van der Waals surface area contributed by atoms with Crippen LogP contribution in [0.15, 0.2) is 47.3 Å². The number of allylic oxidation sites excluding steroid dienone is 1. The van der Waals surface area contributed by atoms with Gasteiger partial charge in [0.1, 0.15) is 22.9 Å². The summed E-state index contributed by atoms with van der Waals surface area (Å²) < 4.78 is 31.7. The number of aliphatic carboxylic acids is 2. The average molecular weight is 486 g/mol. The fourth-order valence-corrected chi connectivity index (χ4v) is 4.59. The highest BCUT2D eigenvalue weighted by Gasteiger charge is 2.51. The smallest absolute Gasteiger partial charge is 0.477 e. The Morgan fingerprint density at radius 2 is 1.91 bits per heavy atom. The number of amides is 2. The SMILES string of the molecule is N[C@@H]1C(=O)N2C(C(=O)O)=C(C=C3CCN(c4ccccn4)C3=O)CS[C@H]12.O=C(O)C(F)(F)F. The van der Waals surface area contributed by atoms with Crippen molar-refractivity contribution in [3.05, 3.63) is 47.3 Å². The molecular weight excluding hydrogens is 469 g/mol. The molecule has 0 radical (unpaired) electrons. The number of thioether (sulfide) groups is 1. The first-order chi connectivity index (χ1) is 15.4. The number of carboxylic acids is 2. The van der Waals surface area contributed by atoms with E-state index in [0.717, 1.165) is 0 Å². The minimum Gasteiger partial charge on any atom is -0.477 e. The molecule has 3 aliphatic rings. The Morgan fingerprint density at radius 1 is 1.24 bits per heavy atom. The van der Waals surface area contributed by atoms with E-state index in [4.69, 9.17) is 15.6 Å². The summed E-state index contributed by atoms with van der Waals surface area (Å²) >= 11 is 1.41. The maximum atomic E-state index is 12.7. The van der Waals surface area contributed by atoms with Gasteiger partial charge >= 0.3 is 18.1 Å². The molecule has 0 unspecified atom stereocenters. The van der Waals surface area contributed by atoms with Gasteiger partial charge in [0.05, 0.1) is 0 Å². The van der Waals surface area contributed by atoms with Gasteiger partial charge in [0.25, 0.3) is 5.91 Å². The number of nitrogens with zero attached hydrogens (tertiary/aromatic N) is 3. The van der Waals surface area contributed by atoms with E-state index in [1.54, 1.807) is 35.4 Å². The van der Waals surface area contributed by atoms with Crippen LogP contribution in [0, 0.1) is 0 Å². The van der Waals surface area contributed by atoms with E-state index in [-0.39, 0.29) is 17.0 Å². The molecule has 1 aromatic heterocycles. The third kappa shape index (κ3) is 4.85. The molecule has 10 nitrogen and oxygen atoms in total. The van der Waals surface area contributed by atoms with Crippen molar-refractivity contribution in [2.45, 2.75) is 24.0 Å². The second-order valence-electron chi connectivity index (χ2n) is 6.98. The summed E-state index contributed by atoms with van der Waals surface area (Å²) in [7, 11) is 0. The minimum absolute atomic E-state index is 0.0722. The monoisotopic (exact) mass is 486 g/mol. The first-order valence-corrected chi connectivity index (χ1v) is 10.4. The first kappa shape index (κ1) is 24.3. The number of hydrogen-bond acceptors (Lipinski definition) is 7. The lowest BCUT2D eigenvalue weighted by molar-refractivity contribution is -0.192. The quantitative estimate of drug-likeness (QED) is 0.419. The lowest BCUT2D eigenvalue weighted by atomic mass is 10.0. The van der Waals surface area contributed by atoms with E-state index in [0.29, 0.717) is 35.7 Å². The van der Waals surface area contributed by atoms with Crippen molar-refractivity contribution < 1.29 is 42.6 Å². The van der Waals surface area contributed by atoms with Gasteiger partial charge in [-0.15, -0.1) is 11.8 Å². The van der Waals surface area contributed by atoms with Crippen LogP contribution in [0.3, 0.4) is 0 Å². The third-order valence-electron chi connectivity index (χ3n) is 4.88. The number of anilines is 1. The second-order valence-corrected chi connectivity index (χ2v) is 8.09. The fraction of sp³-hybridized carbons (Fsp3) is 0.316. The zero-order valence-electron chi connectivity index (χ0n) is 16.7. The molecule has 3 aliphatic heterocycles. The second kappa shape index (κ2) is 9.23. The van der Waals surface area contributed by atoms with Crippen LogP contribution in [-0.4, -0.2) is 73.7 Å². The highest BCUT2D eigenvalue weighted by Crippen LogP contribution is 2.40. The molecule has 2 amide bonds. The van der Waals surface area contributed by atoms with Crippen molar-refractivity contribution in [2.75, 3.05) is 17.2 Å². The molecule has 176 valence electrons. The number of carboxylic acid groups (broad SMARTS) is 2. The van der Waals surface area contributed by atoms with Crippen LogP contribution in [-0.2, 0) is 19.2 Å². The number of halogens is 3. The number of carbonyl (C=O) groups excluding carboxylic acids is 2. The van der Waals surface area contributed by atoms with Crippen molar-refractivity contribution in [2.24, 2.45) is 5.73 Å². The summed E-state index contributed by atoms with van der Waals surface area (Å²) in [4.78, 5) is 52.2. The normalized spacial score (nSPS) is 23.7. The van der Waals surface area contributed by atoms with E-state index < -0.39 is 30.1 Å². The summed E-state index contributed by atoms with van der Waals surface area (Å²) in [5.74, 6) is -3.58. The van der Waals surface area contributed by atoms with Gasteiger partial charge in [0, 0.05) is 24.1 Å². The predicted molar refractivity (Wildman–Crippen MR) is 109 cm³/mol. The van der Waals surface area contributed by atoms with Gasteiger partial charge in [-0.3, -0.25) is 19.4 Å². The maximum Gasteiger partial charge on any atom is 0.490 e. The van der Waals surface area contributed by atoms with Gasteiger partial charge in [-0.05, 0) is 30.2 Å². The van der Waals surface area contributed by atoms with Crippen LogP contribution in [0.2, 0.25) is 0 Å². The number of β-lactam (4-membered cyclic amide) rings is 1. The van der Waals surface area contributed by atoms with Crippen molar-refractivity contribution in [1.29, 1.82) is 0 Å². The van der Waals surface area contributed by atoms with Gasteiger partial charge in [-0.2, -0.15) is 13.2 Å². The van der Waals surface area contributed by atoms with E-state index >= 15 is 0 Å². The van der Waals surface area contributed by atoms with E-state index in [2.05, 4.69) is 4.98 Å². The fourth-order valence-electron chi connectivity index (χ4n) is 3.34. The Bertz CT molecular complexity index is 1060. The predicted octanol–water partition coefficient (Wildman–Crippen LogP) is 0.959. The van der Waals surface area contributed by atoms with E-state index in [1.165, 1.54) is 16.7 Å². The van der Waals surface area contributed by atoms with E-state index in [1.807, 2.05) is 0 Å². The maximum absolute atomic E-state index is 12.7. The molecule has 2 fully saturated rings. The number of alkyl halides is 3. The van der Waals surface area contributed by atoms with Crippen molar-refractivity contribution in [3.63, 3.8) is 0 Å². The number of nitrogens with two attached hydrogens (primary N) is 1. The van der Waals surface area contributed by atoms with Gasteiger partial charge in [0.15, 0.2) is 0 Å². The Balaban J connectivity index is 0.000000383. The number of aromatic nitrogens is 1. The van der Waals surface area contributed by atoms with Gasteiger partial charge in [0.2, 0.25) is 5.91 Å². The Kier molecular flexibility index (Phi) is 6.78. The largest absolute Gasteiger partial charge is 0.490 e. The molecule has 0 bridgehead atoms. The number of pyridine rings is 1. The number of rotatable bonds is 3. The molecule has 2 saturated heterocycles. The molecule has 4 rings (SSSR count). The van der Waals surface area contributed by atoms with Crippen LogP contribution < -0.4 is 10.6 Å². The molecule has 0 spiro atoms. The summed E-state index contributed by atoms with van der Waals surface area (Å²) in [5.41, 5.74) is 6.65. The zero-order chi connectivity index (χ0) is 24.5. The van der Waals surface area contributed by atoms with Crippen molar-refractivity contribution in [1.82, 2.24) is 9.88 Å². The number of hydrogen-bond donors (Lipinski definition) is 3. The average Bonchev–Trinajstić information content (AvgIpc) is 3.13. The van der Waals surface area contributed by atoms with Crippen LogP contribution in [0.1, 0.15) is 6.42 Å². The standard InChI is InChI=1S/C17H16N4O4S.C2HF3O2/c18-12-15(23)21-13(17(24)25)10(8-26-16(12)21)7-9-4-6-20(14(9)22)11-3-1-2-5-19-11;3-2(4,5)1(6)7/h1-3,5,7,12,16H,4,6,8,18H2,(H,24,25);(H,6,7)/t12-,16-;/m1./s1. The first-order valence-electron chi connectivity index (χ1n) is 9.33. The molecule has 0 aromatic carbocycles. The van der Waals surface area contributed by atoms with Gasteiger partial charge in [-0.25, -0.2) is 14.6 Å². The number of carbonyl (C=O) groups is 4. The van der Waals surface area contributed by atoms with Crippen LogP contribution >= 0.6 is 11.8 Å². The molecule has 4 heterocycles. The molecule has 0 aliphatic carbocycles. The molecule has 2 atom stereocenters. The van der Waals surface area contributed by atoms with Gasteiger partial charge < -0.3 is 15.9 Å². The zero-order valence-corrected chi connectivity index (χ0v) is 17.5. The van der Waals surface area contributed by atoms with Crippen LogP contribution in [0.4, 0.5) is 19.0 Å². The molecule has 1 aromatic rings. The third-order valence-corrected chi connectivity index (χ3v) is 6.21. The molecular formula is C19H17F3N4O6S. The summed E-state index contributed by atoms with van der Waals surface area (Å²) in [6.07, 6.45) is -1.37. The summed E-state index contributed by atoms with van der Waals surface area (Å²) in [6.45, 7) is 0.487. The lowest BCUT2D eigenvalue weighted by Crippen LogP contribution is -2.68. The molecule has 14 heteroatoms. The van der Waals surface area contributed by atoms with E-state index in [9.17, 15) is 32.7 Å². The summed E-state index contributed by atoms with van der Waals surface area (Å²) in [5, 5.41) is 16.3. The topological polar surface area (TPSA) is 154 Å². The highest BCUT2D eigenvalue weighted by molar-refractivity contribution is 8.00. The van der Waals surface area contributed by atoms with Crippen molar-refractivity contribution in [3.8, 4) is 0 Å². The molecule has 4 N–H and O–H groups in total. The van der Waals surface area contributed by atoms with Crippen LogP contribution in [0.25, 0.3) is 0 Å². The Labute approximate surface area is 188 Å². The minimum atomic E-state index is -5.08. The Morgan fingerprint density at radius 3 is 2.45 bits per heavy atom. The lowest BCUT2D eigenvalue weighted by Gasteiger charge is -2.47. The van der Waals surface area contributed by atoms with Gasteiger partial charge in [-0.1, -0.05) is 6.07 Å². The van der Waals surface area contributed by atoms with Crippen molar-refractivity contribution >= 4 is 41.3 Å². The highest BCUT2D eigenvalue weighted by atomic mass is 32.2. The number of fused-ring (bicyclic) bond motifs is 1. The molecule has 0 saturated carbocycles. The molecule has 33 heavy (non-hydrogen) atoms. The van der Waals surface area contributed by atoms with Crippen LogP contribution in [0.5, 0.6) is 0 Å². The Hall–Kier alpha value is -3.39.